The monoisotopic (exact) mass is 270 g/mol. The second-order valence-corrected chi connectivity index (χ2v) is 12.5. The molecule has 0 fully saturated rings. The molecule has 1 aromatic rings. The number of benzene rings is 1. The van der Waals surface area contributed by atoms with E-state index >= 15 is 0 Å². The highest BCUT2D eigenvalue weighted by Gasteiger charge is 2.42. The minimum Gasteiger partial charge on any atom is -0.416 e. The van der Waals surface area contributed by atoms with Crippen LogP contribution in [-0.2, 0) is 13.3 Å². The molecule has 0 saturated heterocycles. The molecule has 0 heterocycles. The topological polar surface area (TPSA) is 27.7 Å². The second-order valence-electron chi connectivity index (χ2n) is 4.52. The van der Waals surface area contributed by atoms with Gasteiger partial charge in [0.1, 0.15) is 0 Å². The van der Waals surface area contributed by atoms with Crippen molar-refractivity contribution < 1.29 is 13.3 Å². The first-order valence-corrected chi connectivity index (χ1v) is 10.8. The first kappa shape index (κ1) is 14.6. The fourth-order valence-electron chi connectivity index (χ4n) is 1.92. The van der Waals surface area contributed by atoms with Gasteiger partial charge in [0.15, 0.2) is 0 Å². The zero-order chi connectivity index (χ0) is 12.9. The minimum atomic E-state index is -2.10. The van der Waals surface area contributed by atoms with Crippen LogP contribution in [0, 0.1) is 0 Å². The van der Waals surface area contributed by atoms with E-state index in [-0.39, 0.29) is 0 Å². The predicted molar refractivity (Wildman–Crippen MR) is 75.1 cm³/mol. The first-order valence-electron chi connectivity index (χ1n) is 5.70. The molecule has 0 spiro atoms. The largest absolute Gasteiger partial charge is 0.416 e. The highest BCUT2D eigenvalue weighted by Crippen LogP contribution is 2.21. The highest BCUT2D eigenvalue weighted by atomic mass is 28.4. The Morgan fingerprint density at radius 3 is 1.82 bits per heavy atom. The quantitative estimate of drug-likeness (QED) is 0.740. The maximum Gasteiger partial charge on any atom is 0.334 e. The molecule has 17 heavy (non-hydrogen) atoms. The van der Waals surface area contributed by atoms with Gasteiger partial charge in [-0.2, -0.15) is 0 Å². The fourth-order valence-corrected chi connectivity index (χ4v) is 10.7. The summed E-state index contributed by atoms with van der Waals surface area (Å²) >= 11 is 0. The van der Waals surface area contributed by atoms with Gasteiger partial charge in [-0.3, -0.25) is 0 Å². The van der Waals surface area contributed by atoms with Crippen LogP contribution in [-0.4, -0.2) is 38.2 Å². The van der Waals surface area contributed by atoms with Gasteiger partial charge in [0.05, 0.1) is 0 Å². The van der Waals surface area contributed by atoms with E-state index in [1.54, 1.807) is 21.3 Å². The third kappa shape index (κ3) is 3.49. The molecule has 0 aliphatic rings. The van der Waals surface area contributed by atoms with Crippen molar-refractivity contribution in [2.45, 2.75) is 18.8 Å². The van der Waals surface area contributed by atoms with Gasteiger partial charge in [0.25, 0.3) is 0 Å². The van der Waals surface area contributed by atoms with Crippen LogP contribution in [0.3, 0.4) is 0 Å². The van der Waals surface area contributed by atoms with Crippen LogP contribution < -0.4 is 5.19 Å². The third-order valence-corrected chi connectivity index (χ3v) is 12.8. The molecule has 0 aliphatic heterocycles. The molecule has 0 N–H and O–H groups in total. The van der Waals surface area contributed by atoms with Crippen molar-refractivity contribution in [3.8, 4) is 0 Å². The van der Waals surface area contributed by atoms with E-state index in [4.69, 9.17) is 13.3 Å². The molecule has 96 valence electrons. The van der Waals surface area contributed by atoms with Crippen LogP contribution in [0.5, 0.6) is 0 Å². The maximum atomic E-state index is 5.84. The number of hydrogen-bond donors (Lipinski definition) is 0. The van der Waals surface area contributed by atoms with Crippen molar-refractivity contribution in [2.75, 3.05) is 21.3 Å². The van der Waals surface area contributed by atoms with E-state index in [1.165, 1.54) is 5.19 Å². The highest BCUT2D eigenvalue weighted by molar-refractivity contribution is 6.95. The lowest BCUT2D eigenvalue weighted by Crippen LogP contribution is -2.55. The molecular formula is C12H22O3Si2. The molecule has 0 amide bonds. The third-order valence-electron chi connectivity index (χ3n) is 3.36. The second kappa shape index (κ2) is 5.92. The van der Waals surface area contributed by atoms with Crippen LogP contribution >= 0.6 is 0 Å². The summed E-state index contributed by atoms with van der Waals surface area (Å²) in [4.78, 5) is 0. The summed E-state index contributed by atoms with van der Waals surface area (Å²) in [6.45, 7) is 4.30. The van der Waals surface area contributed by atoms with Gasteiger partial charge >= 0.3 is 8.56 Å². The Hall–Kier alpha value is -0.466. The molecule has 1 rings (SSSR count). The Labute approximate surface area is 106 Å². The minimum absolute atomic E-state index is 0.896. The van der Waals surface area contributed by atoms with Gasteiger partial charge in [-0.15, -0.1) is 0 Å². The van der Waals surface area contributed by atoms with Crippen LogP contribution in [0.1, 0.15) is 0 Å². The SMILES string of the molecule is CO[Si](C)(C[Si](C)(OC)c1ccccc1)OC. The van der Waals surface area contributed by atoms with E-state index in [1.807, 2.05) is 6.07 Å². The Kier molecular flexibility index (Phi) is 5.09. The van der Waals surface area contributed by atoms with E-state index in [2.05, 4.69) is 37.4 Å². The van der Waals surface area contributed by atoms with Crippen LogP contribution in [0.25, 0.3) is 0 Å². The summed E-state index contributed by atoms with van der Waals surface area (Å²) in [6, 6.07) is 10.4. The van der Waals surface area contributed by atoms with Crippen molar-refractivity contribution in [3.63, 3.8) is 0 Å². The Morgan fingerprint density at radius 1 is 0.882 bits per heavy atom. The zero-order valence-electron chi connectivity index (χ0n) is 11.3. The molecule has 1 aromatic carbocycles. The molecule has 5 heteroatoms. The fraction of sp³-hybridized carbons (Fsp3) is 0.500. The molecule has 3 nitrogen and oxygen atoms in total. The van der Waals surface area contributed by atoms with E-state index in [0.717, 1.165) is 5.67 Å². The van der Waals surface area contributed by atoms with Crippen molar-refractivity contribution in [1.29, 1.82) is 0 Å². The molecule has 0 saturated carbocycles. The Bertz CT molecular complexity index is 341. The van der Waals surface area contributed by atoms with Crippen molar-refractivity contribution in [2.24, 2.45) is 0 Å². The predicted octanol–water partition coefficient (Wildman–Crippen LogP) is 2.02. The Morgan fingerprint density at radius 2 is 1.41 bits per heavy atom. The summed E-state index contributed by atoms with van der Waals surface area (Å²) in [7, 11) is 1.18. The lowest BCUT2D eigenvalue weighted by atomic mass is 10.4. The lowest BCUT2D eigenvalue weighted by molar-refractivity contribution is 0.252. The standard InChI is InChI=1S/C12H22O3Si2/c1-13-16(4,11-17(5,14-2)15-3)12-9-7-6-8-10-12/h6-10H,11H2,1-5H3. The van der Waals surface area contributed by atoms with Gasteiger partial charge in [0.2, 0.25) is 8.32 Å². The molecule has 1 atom stereocenters. The summed E-state index contributed by atoms with van der Waals surface area (Å²) < 4.78 is 17.0. The average molecular weight is 270 g/mol. The van der Waals surface area contributed by atoms with Crippen molar-refractivity contribution in [3.05, 3.63) is 30.3 Å². The first-order chi connectivity index (χ1) is 7.99. The normalized spacial score (nSPS) is 15.6. The summed E-state index contributed by atoms with van der Waals surface area (Å²) in [5, 5.41) is 1.29. The molecule has 0 aliphatic carbocycles. The van der Waals surface area contributed by atoms with Gasteiger partial charge in [-0.25, -0.2) is 0 Å². The lowest BCUT2D eigenvalue weighted by Gasteiger charge is -2.33. The molecule has 0 aromatic heterocycles. The molecular weight excluding hydrogens is 248 g/mol. The zero-order valence-corrected chi connectivity index (χ0v) is 13.3. The number of rotatable bonds is 6. The van der Waals surface area contributed by atoms with Crippen molar-refractivity contribution in [1.82, 2.24) is 0 Å². The van der Waals surface area contributed by atoms with Gasteiger partial charge in [-0.05, 0) is 18.3 Å². The Balaban J connectivity index is 2.97. The van der Waals surface area contributed by atoms with Gasteiger partial charge in [0, 0.05) is 27.0 Å². The summed E-state index contributed by atoms with van der Waals surface area (Å²) in [5.41, 5.74) is 0.896. The van der Waals surface area contributed by atoms with Crippen LogP contribution in [0.15, 0.2) is 30.3 Å². The molecule has 0 bridgehead atoms. The van der Waals surface area contributed by atoms with Gasteiger partial charge in [-0.1, -0.05) is 30.3 Å². The molecule has 1 unspecified atom stereocenters. The summed E-state index contributed by atoms with van der Waals surface area (Å²) in [5.74, 6) is 0. The molecule has 0 radical (unpaired) electrons. The maximum absolute atomic E-state index is 5.84. The van der Waals surface area contributed by atoms with Crippen molar-refractivity contribution >= 4 is 22.1 Å². The average Bonchev–Trinajstić information content (AvgIpc) is 2.39. The van der Waals surface area contributed by atoms with Crippen LogP contribution in [0.4, 0.5) is 0 Å². The van der Waals surface area contributed by atoms with E-state index < -0.39 is 16.9 Å². The smallest absolute Gasteiger partial charge is 0.334 e. The van der Waals surface area contributed by atoms with E-state index in [0.29, 0.717) is 0 Å². The van der Waals surface area contributed by atoms with Gasteiger partial charge < -0.3 is 13.3 Å². The number of hydrogen-bond acceptors (Lipinski definition) is 3. The van der Waals surface area contributed by atoms with E-state index in [9.17, 15) is 0 Å². The summed E-state index contributed by atoms with van der Waals surface area (Å²) in [6.07, 6.45) is 0. The van der Waals surface area contributed by atoms with Crippen LogP contribution in [0.2, 0.25) is 18.8 Å².